The van der Waals surface area contributed by atoms with Crippen LogP contribution in [0.25, 0.3) is 11.0 Å². The Bertz CT molecular complexity index is 823. The molecule has 0 spiro atoms. The van der Waals surface area contributed by atoms with Gasteiger partial charge in [-0.15, -0.1) is 0 Å². The normalized spacial score (nSPS) is 21.1. The van der Waals surface area contributed by atoms with Crippen molar-refractivity contribution >= 4 is 46.1 Å². The average Bonchev–Trinajstić information content (AvgIpc) is 2.88. The van der Waals surface area contributed by atoms with Gasteiger partial charge in [-0.05, 0) is 38.8 Å². The molecule has 0 aromatic carbocycles. The van der Waals surface area contributed by atoms with Crippen LogP contribution in [-0.2, 0) is 4.74 Å². The van der Waals surface area contributed by atoms with Crippen LogP contribution in [0.5, 0.6) is 0 Å². The molecule has 3 rings (SSSR count). The molecule has 1 fully saturated rings. The fraction of sp³-hybridized carbons (Fsp3) is 0.562. The third-order valence-electron chi connectivity index (χ3n) is 3.96. The molecule has 3 heterocycles. The lowest BCUT2D eigenvalue weighted by atomic mass is 10.0. The Morgan fingerprint density at radius 3 is 2.85 bits per heavy atom. The van der Waals surface area contributed by atoms with Crippen LogP contribution < -0.4 is 5.32 Å². The van der Waals surface area contributed by atoms with E-state index < -0.39 is 23.9 Å². The van der Waals surface area contributed by atoms with Crippen LogP contribution in [0.2, 0.25) is 10.3 Å². The maximum atomic E-state index is 14.5. The van der Waals surface area contributed by atoms with E-state index in [-0.39, 0.29) is 18.2 Å². The number of aromatic nitrogens is 3. The summed E-state index contributed by atoms with van der Waals surface area (Å²) in [5.41, 5.74) is -0.162. The maximum Gasteiger partial charge on any atom is 0.410 e. The van der Waals surface area contributed by atoms with Gasteiger partial charge in [-0.3, -0.25) is 0 Å². The Hall–Kier alpha value is -1.80. The number of carbonyl (C=O) groups is 1. The van der Waals surface area contributed by atoms with Crippen molar-refractivity contribution in [2.24, 2.45) is 0 Å². The van der Waals surface area contributed by atoms with E-state index in [0.717, 1.165) is 0 Å². The van der Waals surface area contributed by atoms with Gasteiger partial charge in [0.15, 0.2) is 0 Å². The number of nitrogens with zero attached hydrogens (tertiary/aromatic N) is 3. The van der Waals surface area contributed by atoms with Crippen LogP contribution in [0.3, 0.4) is 0 Å². The molecular formula is C16H20Cl2FN5O2. The second kappa shape index (κ2) is 7.08. The lowest BCUT2D eigenvalue weighted by Crippen LogP contribution is -2.52. The predicted molar refractivity (Wildman–Crippen MR) is 98.6 cm³/mol. The van der Waals surface area contributed by atoms with Crippen LogP contribution >= 0.6 is 23.2 Å². The van der Waals surface area contributed by atoms with Gasteiger partial charge in [0, 0.05) is 19.3 Å². The fourth-order valence-electron chi connectivity index (χ4n) is 2.80. The largest absolute Gasteiger partial charge is 0.444 e. The standard InChI is InChI=1S/C16H20Cl2FN5O2/c1-16(2,3)26-15(25)24-5-4-9(19)10(7-24)21-13-11-8(17)6-20-12(11)22-14(18)23-13/h6,9-10H,4-5,7H2,1-3H3,(H2,20,21,22,23)/t9-,10+/m1/s1. The smallest absolute Gasteiger partial charge is 0.410 e. The van der Waals surface area contributed by atoms with Gasteiger partial charge < -0.3 is 19.9 Å². The Labute approximate surface area is 160 Å². The zero-order chi connectivity index (χ0) is 19.1. The van der Waals surface area contributed by atoms with E-state index in [9.17, 15) is 9.18 Å². The molecule has 26 heavy (non-hydrogen) atoms. The number of anilines is 1. The van der Waals surface area contributed by atoms with Crippen LogP contribution in [0.1, 0.15) is 27.2 Å². The van der Waals surface area contributed by atoms with Crippen LogP contribution in [0.4, 0.5) is 15.0 Å². The lowest BCUT2D eigenvalue weighted by Gasteiger charge is -2.36. The summed E-state index contributed by atoms with van der Waals surface area (Å²) in [6.45, 7) is 5.79. The predicted octanol–water partition coefficient (Wildman–Crippen LogP) is 4.02. The minimum Gasteiger partial charge on any atom is -0.444 e. The Morgan fingerprint density at radius 2 is 2.15 bits per heavy atom. The van der Waals surface area contributed by atoms with Gasteiger partial charge in [0.05, 0.1) is 16.5 Å². The van der Waals surface area contributed by atoms with Crippen molar-refractivity contribution in [1.82, 2.24) is 19.9 Å². The van der Waals surface area contributed by atoms with Gasteiger partial charge in [0.2, 0.25) is 5.28 Å². The first kappa shape index (κ1) is 19.0. The van der Waals surface area contributed by atoms with Crippen molar-refractivity contribution in [2.45, 2.75) is 45.0 Å². The molecule has 0 unspecified atom stereocenters. The van der Waals surface area contributed by atoms with E-state index in [2.05, 4.69) is 20.3 Å². The second-order valence-electron chi connectivity index (χ2n) is 7.18. The van der Waals surface area contributed by atoms with Crippen molar-refractivity contribution in [3.05, 3.63) is 16.5 Å². The van der Waals surface area contributed by atoms with Crippen LogP contribution in [0.15, 0.2) is 6.20 Å². The summed E-state index contributed by atoms with van der Waals surface area (Å²) in [4.78, 5) is 24.8. The molecule has 1 saturated heterocycles. The van der Waals surface area contributed by atoms with Gasteiger partial charge in [0.1, 0.15) is 23.2 Å². The first-order chi connectivity index (χ1) is 12.1. The van der Waals surface area contributed by atoms with Crippen LogP contribution in [0, 0.1) is 0 Å². The molecule has 2 N–H and O–H groups in total. The summed E-state index contributed by atoms with van der Waals surface area (Å²) < 4.78 is 19.8. The quantitative estimate of drug-likeness (QED) is 0.739. The number of aromatic amines is 1. The van der Waals surface area contributed by atoms with E-state index >= 15 is 0 Å². The highest BCUT2D eigenvalue weighted by Crippen LogP contribution is 2.30. The number of halogens is 3. The third kappa shape index (κ3) is 4.12. The first-order valence-corrected chi connectivity index (χ1v) is 8.98. The molecular weight excluding hydrogens is 384 g/mol. The summed E-state index contributed by atoms with van der Waals surface area (Å²) in [6.07, 6.45) is 0.125. The van der Waals surface area contributed by atoms with Crippen molar-refractivity contribution in [3.63, 3.8) is 0 Å². The number of amides is 1. The number of piperidine rings is 1. The molecule has 1 aliphatic heterocycles. The maximum absolute atomic E-state index is 14.5. The highest BCUT2D eigenvalue weighted by Gasteiger charge is 2.34. The van der Waals surface area contributed by atoms with E-state index in [0.29, 0.717) is 28.4 Å². The van der Waals surface area contributed by atoms with Crippen molar-refractivity contribution < 1.29 is 13.9 Å². The topological polar surface area (TPSA) is 83.1 Å². The van der Waals surface area contributed by atoms with Gasteiger partial charge in [-0.2, -0.15) is 9.97 Å². The number of carbonyl (C=O) groups excluding carboxylic acids is 1. The number of likely N-dealkylation sites (tertiary alicyclic amines) is 1. The number of hydrogen-bond donors (Lipinski definition) is 2. The number of ether oxygens (including phenoxy) is 1. The Balaban J connectivity index is 1.80. The van der Waals surface area contributed by atoms with Gasteiger partial charge >= 0.3 is 6.09 Å². The minimum absolute atomic E-state index is 0.00809. The average molecular weight is 404 g/mol. The molecule has 7 nitrogen and oxygen atoms in total. The Kier molecular flexibility index (Phi) is 5.16. The molecule has 142 valence electrons. The number of alkyl halides is 1. The third-order valence-corrected chi connectivity index (χ3v) is 4.43. The SMILES string of the molecule is CC(C)(C)OC(=O)N1CC[C@@H](F)[C@@H](Nc2nc(Cl)nc3[nH]cc(Cl)c23)C1. The number of rotatable bonds is 2. The van der Waals surface area contributed by atoms with Crippen LogP contribution in [-0.4, -0.2) is 56.8 Å². The van der Waals surface area contributed by atoms with Crippen molar-refractivity contribution in [3.8, 4) is 0 Å². The van der Waals surface area contributed by atoms with E-state index in [1.165, 1.54) is 4.90 Å². The van der Waals surface area contributed by atoms with Gasteiger partial charge in [-0.1, -0.05) is 11.6 Å². The number of hydrogen-bond acceptors (Lipinski definition) is 5. The van der Waals surface area contributed by atoms with Gasteiger partial charge in [0.25, 0.3) is 0 Å². The fourth-order valence-corrected chi connectivity index (χ4v) is 3.20. The number of fused-ring (bicyclic) bond motifs is 1. The highest BCUT2D eigenvalue weighted by molar-refractivity contribution is 6.36. The molecule has 10 heteroatoms. The molecule has 2 atom stereocenters. The first-order valence-electron chi connectivity index (χ1n) is 8.22. The van der Waals surface area contributed by atoms with E-state index in [4.69, 9.17) is 27.9 Å². The molecule has 0 saturated carbocycles. The summed E-state index contributed by atoms with van der Waals surface area (Å²) in [6, 6.07) is -0.670. The van der Waals surface area contributed by atoms with Gasteiger partial charge in [-0.25, -0.2) is 9.18 Å². The molecule has 1 aliphatic rings. The number of nitrogens with one attached hydrogen (secondary N) is 2. The highest BCUT2D eigenvalue weighted by atomic mass is 35.5. The lowest BCUT2D eigenvalue weighted by molar-refractivity contribution is 0.0150. The molecule has 2 aromatic rings. The van der Waals surface area contributed by atoms with Crippen molar-refractivity contribution in [1.29, 1.82) is 0 Å². The van der Waals surface area contributed by atoms with E-state index in [1.807, 2.05) is 0 Å². The zero-order valence-corrected chi connectivity index (χ0v) is 16.2. The summed E-state index contributed by atoms with van der Waals surface area (Å²) in [7, 11) is 0. The second-order valence-corrected chi connectivity index (χ2v) is 7.93. The molecule has 2 aromatic heterocycles. The minimum atomic E-state index is -1.16. The monoisotopic (exact) mass is 403 g/mol. The molecule has 0 radical (unpaired) electrons. The summed E-state index contributed by atoms with van der Waals surface area (Å²) >= 11 is 12.1. The summed E-state index contributed by atoms with van der Waals surface area (Å²) in [5.74, 6) is 0.324. The zero-order valence-electron chi connectivity index (χ0n) is 14.6. The number of H-pyrrole nitrogens is 1. The van der Waals surface area contributed by atoms with Crippen molar-refractivity contribution in [2.75, 3.05) is 18.4 Å². The van der Waals surface area contributed by atoms with E-state index in [1.54, 1.807) is 27.0 Å². The molecule has 0 aliphatic carbocycles. The Morgan fingerprint density at radius 1 is 1.42 bits per heavy atom. The molecule has 1 amide bonds. The molecule has 0 bridgehead atoms. The summed E-state index contributed by atoms with van der Waals surface area (Å²) in [5, 5.41) is 3.96.